The molecule has 1 aromatic heterocycles. The summed E-state index contributed by atoms with van der Waals surface area (Å²) in [5, 5.41) is 11.6. The maximum atomic E-state index is 13.0. The Kier molecular flexibility index (Phi) is 4.87. The van der Waals surface area contributed by atoms with E-state index in [1.807, 2.05) is 35.2 Å². The monoisotopic (exact) mass is 366 g/mol. The van der Waals surface area contributed by atoms with Crippen LogP contribution >= 0.6 is 0 Å². The van der Waals surface area contributed by atoms with Gasteiger partial charge >= 0.3 is 0 Å². The zero-order chi connectivity index (χ0) is 18.9. The first-order valence-corrected chi connectivity index (χ1v) is 9.81. The molecule has 2 fully saturated rings. The van der Waals surface area contributed by atoms with Gasteiger partial charge in [0.1, 0.15) is 6.54 Å². The van der Waals surface area contributed by atoms with E-state index >= 15 is 0 Å². The molecule has 2 aromatic rings. The lowest BCUT2D eigenvalue weighted by Crippen LogP contribution is -2.59. The van der Waals surface area contributed by atoms with E-state index < -0.39 is 5.60 Å². The number of hydrogen-bond donors (Lipinski definition) is 1. The van der Waals surface area contributed by atoms with Crippen molar-refractivity contribution in [1.29, 1.82) is 0 Å². The Labute approximate surface area is 159 Å². The minimum absolute atomic E-state index is 0.0584. The lowest BCUT2D eigenvalue weighted by molar-refractivity contribution is -0.155. The minimum atomic E-state index is -0.861. The molecule has 142 valence electrons. The van der Waals surface area contributed by atoms with E-state index in [4.69, 9.17) is 0 Å². The molecule has 0 radical (unpaired) electrons. The van der Waals surface area contributed by atoms with Crippen molar-refractivity contribution in [3.63, 3.8) is 0 Å². The normalized spacial score (nSPS) is 27.8. The average molecular weight is 366 g/mol. The van der Waals surface area contributed by atoms with Gasteiger partial charge in [0.25, 0.3) is 0 Å². The van der Waals surface area contributed by atoms with Gasteiger partial charge in [0, 0.05) is 43.0 Å². The number of likely N-dealkylation sites (tertiary alicyclic amines) is 1. The Hall–Kier alpha value is -2.40. The second-order valence-electron chi connectivity index (χ2n) is 7.79. The standard InChI is InChI=1S/C22H26N2O3/c25-18-10-13-23(14-11-18)16-21(26)24-15-12-22(27,17-6-2-1-3-7-17)19-8-4-5-9-20(19)24/h1-3,6-7,10-11,13-14,19-20,27H,4-5,8-9,12,15-16H2/t19-,20+,22+/m0/s1. The van der Waals surface area contributed by atoms with Crippen LogP contribution in [0.15, 0.2) is 59.7 Å². The third-order valence-electron chi connectivity index (χ3n) is 6.25. The summed E-state index contributed by atoms with van der Waals surface area (Å²) in [6.07, 6.45) is 7.94. The van der Waals surface area contributed by atoms with Crippen LogP contribution in [0.3, 0.4) is 0 Å². The highest BCUT2D eigenvalue weighted by molar-refractivity contribution is 5.76. The Morgan fingerprint density at radius 1 is 1.07 bits per heavy atom. The summed E-state index contributed by atoms with van der Waals surface area (Å²) in [5.41, 5.74) is 0.0480. The van der Waals surface area contributed by atoms with Crippen LogP contribution in [0, 0.1) is 5.92 Å². The van der Waals surface area contributed by atoms with Crippen LogP contribution in [-0.2, 0) is 16.9 Å². The number of carbonyl (C=O) groups excluding carboxylic acids is 1. The number of nitrogens with zero attached hydrogens (tertiary/aromatic N) is 2. The molecule has 5 heteroatoms. The largest absolute Gasteiger partial charge is 0.385 e. The number of rotatable bonds is 3. The van der Waals surface area contributed by atoms with Crippen molar-refractivity contribution in [1.82, 2.24) is 9.47 Å². The van der Waals surface area contributed by atoms with Gasteiger partial charge in [0.2, 0.25) is 5.91 Å². The number of pyridine rings is 1. The van der Waals surface area contributed by atoms with Crippen LogP contribution < -0.4 is 5.43 Å². The van der Waals surface area contributed by atoms with Gasteiger partial charge in [-0.05, 0) is 24.8 Å². The van der Waals surface area contributed by atoms with Crippen LogP contribution in [0.5, 0.6) is 0 Å². The first-order valence-electron chi connectivity index (χ1n) is 9.81. The van der Waals surface area contributed by atoms with Gasteiger partial charge in [-0.3, -0.25) is 9.59 Å². The first-order chi connectivity index (χ1) is 13.1. The molecule has 4 rings (SSSR count). The molecule has 5 nitrogen and oxygen atoms in total. The number of hydrogen-bond acceptors (Lipinski definition) is 3. The molecule has 3 atom stereocenters. The van der Waals surface area contributed by atoms with Gasteiger partial charge in [0.15, 0.2) is 5.43 Å². The maximum absolute atomic E-state index is 13.0. The average Bonchev–Trinajstić information content (AvgIpc) is 2.71. The van der Waals surface area contributed by atoms with Crippen molar-refractivity contribution in [2.24, 2.45) is 5.92 Å². The summed E-state index contributed by atoms with van der Waals surface area (Å²) in [5.74, 6) is 0.131. The highest BCUT2D eigenvalue weighted by Gasteiger charge is 2.50. The summed E-state index contributed by atoms with van der Waals surface area (Å²) < 4.78 is 1.75. The molecular weight excluding hydrogens is 340 g/mol. The first kappa shape index (κ1) is 18.0. The second-order valence-corrected chi connectivity index (χ2v) is 7.79. The number of piperidine rings is 1. The fourth-order valence-electron chi connectivity index (χ4n) is 4.87. The predicted octanol–water partition coefficient (Wildman–Crippen LogP) is 2.53. The quantitative estimate of drug-likeness (QED) is 0.908. The third kappa shape index (κ3) is 3.44. The van der Waals surface area contributed by atoms with Gasteiger partial charge in [-0.2, -0.15) is 0 Å². The fourth-order valence-corrected chi connectivity index (χ4v) is 4.87. The molecule has 1 amide bonds. The number of amides is 1. The summed E-state index contributed by atoms with van der Waals surface area (Å²) in [7, 11) is 0. The topological polar surface area (TPSA) is 62.5 Å². The summed E-state index contributed by atoms with van der Waals surface area (Å²) in [4.78, 5) is 26.2. The van der Waals surface area contributed by atoms with Crippen LogP contribution in [0.25, 0.3) is 0 Å². The Morgan fingerprint density at radius 2 is 1.78 bits per heavy atom. The molecule has 1 aliphatic carbocycles. The van der Waals surface area contributed by atoms with Crippen molar-refractivity contribution in [2.75, 3.05) is 6.54 Å². The van der Waals surface area contributed by atoms with Gasteiger partial charge in [-0.15, -0.1) is 0 Å². The minimum Gasteiger partial charge on any atom is -0.385 e. The lowest BCUT2D eigenvalue weighted by atomic mass is 9.66. The van der Waals surface area contributed by atoms with Crippen LogP contribution in [-0.4, -0.2) is 33.1 Å². The summed E-state index contributed by atoms with van der Waals surface area (Å²) >= 11 is 0. The fraction of sp³-hybridized carbons (Fsp3) is 0.455. The van der Waals surface area contributed by atoms with Crippen molar-refractivity contribution < 1.29 is 9.90 Å². The van der Waals surface area contributed by atoms with E-state index in [9.17, 15) is 14.7 Å². The molecule has 1 aliphatic heterocycles. The second kappa shape index (κ2) is 7.31. The maximum Gasteiger partial charge on any atom is 0.242 e. The van der Waals surface area contributed by atoms with Gasteiger partial charge in [-0.25, -0.2) is 0 Å². The molecule has 1 saturated carbocycles. The number of fused-ring (bicyclic) bond motifs is 1. The Morgan fingerprint density at radius 3 is 2.52 bits per heavy atom. The number of benzene rings is 1. The molecule has 0 unspecified atom stereocenters. The van der Waals surface area contributed by atoms with E-state index in [2.05, 4.69) is 0 Å². The molecule has 1 saturated heterocycles. The SMILES string of the molecule is O=C(Cn1ccc(=O)cc1)N1CC[C@@](O)(c2ccccc2)[C@H]2CCCC[C@H]21. The molecular formula is C22H26N2O3. The van der Waals surface area contributed by atoms with Crippen molar-refractivity contribution >= 4 is 5.91 Å². The van der Waals surface area contributed by atoms with Crippen LogP contribution in [0.2, 0.25) is 0 Å². The molecule has 0 bridgehead atoms. The van der Waals surface area contributed by atoms with Gasteiger partial charge < -0.3 is 14.6 Å². The zero-order valence-corrected chi connectivity index (χ0v) is 15.5. The Balaban J connectivity index is 1.57. The van der Waals surface area contributed by atoms with Crippen LogP contribution in [0.1, 0.15) is 37.7 Å². The number of carbonyl (C=O) groups is 1. The van der Waals surface area contributed by atoms with Gasteiger partial charge in [0.05, 0.1) is 5.60 Å². The third-order valence-corrected chi connectivity index (χ3v) is 6.25. The van der Waals surface area contributed by atoms with Crippen LogP contribution in [0.4, 0.5) is 0 Å². The zero-order valence-electron chi connectivity index (χ0n) is 15.5. The molecule has 27 heavy (non-hydrogen) atoms. The predicted molar refractivity (Wildman–Crippen MR) is 103 cm³/mol. The van der Waals surface area contributed by atoms with E-state index in [1.54, 1.807) is 17.0 Å². The molecule has 1 N–H and O–H groups in total. The molecule has 2 heterocycles. The molecule has 0 spiro atoms. The highest BCUT2D eigenvalue weighted by Crippen LogP contribution is 2.46. The highest BCUT2D eigenvalue weighted by atomic mass is 16.3. The smallest absolute Gasteiger partial charge is 0.242 e. The molecule has 2 aliphatic rings. The Bertz CT molecular complexity index is 843. The van der Waals surface area contributed by atoms with E-state index in [1.165, 1.54) is 12.1 Å². The number of aliphatic hydroxyl groups is 1. The van der Waals surface area contributed by atoms with Crippen molar-refractivity contribution in [2.45, 2.75) is 50.3 Å². The van der Waals surface area contributed by atoms with E-state index in [0.29, 0.717) is 13.0 Å². The molecule has 1 aromatic carbocycles. The van der Waals surface area contributed by atoms with E-state index in [-0.39, 0.29) is 29.8 Å². The summed E-state index contributed by atoms with van der Waals surface area (Å²) in [6, 6.07) is 12.9. The van der Waals surface area contributed by atoms with E-state index in [0.717, 1.165) is 31.2 Å². The summed E-state index contributed by atoms with van der Waals surface area (Å²) in [6.45, 7) is 0.791. The van der Waals surface area contributed by atoms with Gasteiger partial charge in [-0.1, -0.05) is 43.2 Å². The van der Waals surface area contributed by atoms with Crippen molar-refractivity contribution in [3.05, 3.63) is 70.6 Å². The van der Waals surface area contributed by atoms with Crippen molar-refractivity contribution in [3.8, 4) is 0 Å². The number of aromatic nitrogens is 1. The lowest BCUT2D eigenvalue weighted by Gasteiger charge is -2.52.